The van der Waals surface area contributed by atoms with Gasteiger partial charge in [-0.15, -0.1) is 0 Å². The van der Waals surface area contributed by atoms with Crippen molar-refractivity contribution in [1.82, 2.24) is 21.1 Å². The molecular weight excluding hydrogens is 376 g/mol. The summed E-state index contributed by atoms with van der Waals surface area (Å²) in [6, 6.07) is 18.4. The molecule has 2 aromatic carbocycles. The molecule has 0 aliphatic carbocycles. The number of piperidine rings is 1. The Balaban J connectivity index is 1.32. The number of nitrogens with one attached hydrogen (secondary N) is 3. The fourth-order valence-electron chi connectivity index (χ4n) is 4.70. The van der Waals surface area contributed by atoms with Gasteiger partial charge in [0.15, 0.2) is 0 Å². The van der Waals surface area contributed by atoms with Gasteiger partial charge in [0, 0.05) is 30.2 Å². The zero-order chi connectivity index (χ0) is 20.3. The lowest BCUT2D eigenvalue weighted by Gasteiger charge is -2.39. The predicted octanol–water partition coefficient (Wildman–Crippen LogP) is 2.51. The first-order valence-electron chi connectivity index (χ1n) is 10.8. The fourth-order valence-corrected chi connectivity index (χ4v) is 4.70. The average molecular weight is 405 g/mol. The van der Waals surface area contributed by atoms with Crippen LogP contribution in [0.3, 0.4) is 0 Å². The summed E-state index contributed by atoms with van der Waals surface area (Å²) >= 11 is 0. The van der Waals surface area contributed by atoms with Gasteiger partial charge in [-0.3, -0.25) is 9.80 Å². The van der Waals surface area contributed by atoms with Crippen molar-refractivity contribution in [2.75, 3.05) is 19.6 Å². The number of fused-ring (bicyclic) bond motifs is 1. The lowest BCUT2D eigenvalue weighted by Crippen LogP contribution is -2.53. The number of carbonyl (C=O) groups is 1. The van der Waals surface area contributed by atoms with Crippen LogP contribution in [0, 0.1) is 5.92 Å². The summed E-state index contributed by atoms with van der Waals surface area (Å²) in [7, 11) is 0. The molecule has 2 fully saturated rings. The SMILES string of the molecule is O=C1C=C(C2CCNCC2)N2NCC(c3cccc(OCc4ccccc4)c3)C2N1. The molecule has 3 aliphatic rings. The zero-order valence-corrected chi connectivity index (χ0v) is 17.0. The number of amides is 1. The number of rotatable bonds is 5. The van der Waals surface area contributed by atoms with Crippen LogP contribution in [0.15, 0.2) is 66.4 Å². The third-order valence-electron chi connectivity index (χ3n) is 6.28. The molecular formula is C24H28N4O2. The summed E-state index contributed by atoms with van der Waals surface area (Å²) in [5, 5.41) is 8.77. The maximum absolute atomic E-state index is 12.5. The minimum atomic E-state index is -0.0724. The van der Waals surface area contributed by atoms with Crippen LogP contribution in [0.5, 0.6) is 5.75 Å². The van der Waals surface area contributed by atoms with Gasteiger partial charge in [0.1, 0.15) is 18.5 Å². The Morgan fingerprint density at radius 3 is 2.70 bits per heavy atom. The summed E-state index contributed by atoms with van der Waals surface area (Å²) in [6.07, 6.45) is 3.84. The van der Waals surface area contributed by atoms with Crippen LogP contribution in [0.25, 0.3) is 0 Å². The molecule has 5 rings (SSSR count). The van der Waals surface area contributed by atoms with Crippen molar-refractivity contribution in [3.63, 3.8) is 0 Å². The van der Waals surface area contributed by atoms with E-state index in [9.17, 15) is 4.79 Å². The molecule has 0 saturated carbocycles. The summed E-state index contributed by atoms with van der Waals surface area (Å²) in [4.78, 5) is 12.5. The van der Waals surface area contributed by atoms with E-state index in [0.717, 1.165) is 49.5 Å². The molecule has 3 N–H and O–H groups in total. The van der Waals surface area contributed by atoms with Gasteiger partial charge in [0.25, 0.3) is 0 Å². The molecule has 0 aromatic heterocycles. The summed E-state index contributed by atoms with van der Waals surface area (Å²) in [5.74, 6) is 1.45. The maximum atomic E-state index is 12.5. The fraction of sp³-hybridized carbons (Fsp3) is 0.375. The van der Waals surface area contributed by atoms with Crippen molar-refractivity contribution in [2.45, 2.75) is 31.5 Å². The number of benzene rings is 2. The Labute approximate surface area is 177 Å². The average Bonchev–Trinajstić information content (AvgIpc) is 3.22. The first-order chi connectivity index (χ1) is 14.8. The minimum Gasteiger partial charge on any atom is -0.489 e. The van der Waals surface area contributed by atoms with Crippen molar-refractivity contribution in [3.05, 3.63) is 77.5 Å². The third-order valence-corrected chi connectivity index (χ3v) is 6.28. The molecule has 2 saturated heterocycles. The van der Waals surface area contributed by atoms with Gasteiger partial charge in [0.05, 0.1) is 0 Å². The third kappa shape index (κ3) is 3.93. The smallest absolute Gasteiger partial charge is 0.247 e. The second-order valence-electron chi connectivity index (χ2n) is 8.23. The molecule has 2 atom stereocenters. The number of allylic oxidation sites excluding steroid dienone is 1. The van der Waals surface area contributed by atoms with E-state index in [1.54, 1.807) is 6.08 Å². The van der Waals surface area contributed by atoms with E-state index in [2.05, 4.69) is 45.3 Å². The quantitative estimate of drug-likeness (QED) is 0.715. The van der Waals surface area contributed by atoms with Crippen LogP contribution in [0.2, 0.25) is 0 Å². The molecule has 0 bridgehead atoms. The molecule has 6 heteroatoms. The lowest BCUT2D eigenvalue weighted by atomic mass is 9.91. The van der Waals surface area contributed by atoms with Crippen LogP contribution in [0.1, 0.15) is 29.9 Å². The Morgan fingerprint density at radius 2 is 1.87 bits per heavy atom. The van der Waals surface area contributed by atoms with Gasteiger partial charge >= 0.3 is 0 Å². The van der Waals surface area contributed by atoms with E-state index in [-0.39, 0.29) is 18.0 Å². The van der Waals surface area contributed by atoms with E-state index >= 15 is 0 Å². The van der Waals surface area contributed by atoms with Crippen molar-refractivity contribution in [2.24, 2.45) is 5.92 Å². The van der Waals surface area contributed by atoms with Crippen LogP contribution >= 0.6 is 0 Å². The van der Waals surface area contributed by atoms with Gasteiger partial charge in [-0.25, -0.2) is 5.43 Å². The van der Waals surface area contributed by atoms with Crippen molar-refractivity contribution in [3.8, 4) is 5.75 Å². The molecule has 0 spiro atoms. The van der Waals surface area contributed by atoms with Gasteiger partial charge in [-0.2, -0.15) is 0 Å². The van der Waals surface area contributed by atoms with E-state index in [1.807, 2.05) is 30.3 Å². The van der Waals surface area contributed by atoms with Crippen molar-refractivity contribution < 1.29 is 9.53 Å². The zero-order valence-electron chi connectivity index (χ0n) is 17.0. The molecule has 1 amide bonds. The Hall–Kier alpha value is -2.83. The highest BCUT2D eigenvalue weighted by Gasteiger charge is 2.41. The molecule has 3 heterocycles. The second-order valence-corrected chi connectivity index (χ2v) is 8.23. The maximum Gasteiger partial charge on any atom is 0.247 e. The molecule has 3 aliphatic heterocycles. The Bertz CT molecular complexity index is 924. The van der Waals surface area contributed by atoms with E-state index < -0.39 is 0 Å². The first kappa shape index (κ1) is 19.2. The molecule has 6 nitrogen and oxygen atoms in total. The molecule has 156 valence electrons. The summed E-state index contributed by atoms with van der Waals surface area (Å²) in [6.45, 7) is 3.34. The van der Waals surface area contributed by atoms with Crippen LogP contribution in [-0.4, -0.2) is 36.7 Å². The molecule has 2 aromatic rings. The van der Waals surface area contributed by atoms with Crippen LogP contribution in [-0.2, 0) is 11.4 Å². The number of ether oxygens (including phenoxy) is 1. The van der Waals surface area contributed by atoms with Gasteiger partial charge in [0.2, 0.25) is 5.91 Å². The minimum absolute atomic E-state index is 0.00923. The van der Waals surface area contributed by atoms with Gasteiger partial charge in [-0.05, 0) is 49.2 Å². The largest absolute Gasteiger partial charge is 0.489 e. The number of hydrogen-bond donors (Lipinski definition) is 3. The van der Waals surface area contributed by atoms with Crippen molar-refractivity contribution in [1.29, 1.82) is 0 Å². The lowest BCUT2D eigenvalue weighted by molar-refractivity contribution is -0.119. The normalized spacial score (nSPS) is 24.2. The Kier molecular flexibility index (Phi) is 5.43. The van der Waals surface area contributed by atoms with Crippen LogP contribution in [0.4, 0.5) is 0 Å². The molecule has 2 unspecified atom stereocenters. The molecule has 0 radical (unpaired) electrons. The van der Waals surface area contributed by atoms with Gasteiger partial charge < -0.3 is 15.4 Å². The Morgan fingerprint density at radius 1 is 1.03 bits per heavy atom. The van der Waals surface area contributed by atoms with E-state index in [1.165, 1.54) is 5.56 Å². The van der Waals surface area contributed by atoms with Gasteiger partial charge in [-0.1, -0.05) is 42.5 Å². The number of carbonyl (C=O) groups excluding carboxylic acids is 1. The standard InChI is InChI=1S/C24H28N4O2/c29-23-14-22(18-9-11-25-12-10-18)28-24(27-23)21(15-26-28)19-7-4-8-20(13-19)30-16-17-5-2-1-3-6-17/h1-8,13-14,18,21,24-26H,9-12,15-16H2,(H,27,29). The highest BCUT2D eigenvalue weighted by atomic mass is 16.5. The monoisotopic (exact) mass is 404 g/mol. The topological polar surface area (TPSA) is 65.6 Å². The highest BCUT2D eigenvalue weighted by Crippen LogP contribution is 2.35. The second kappa shape index (κ2) is 8.50. The molecule has 30 heavy (non-hydrogen) atoms. The number of nitrogens with zero attached hydrogens (tertiary/aromatic N) is 1. The predicted molar refractivity (Wildman–Crippen MR) is 115 cm³/mol. The van der Waals surface area contributed by atoms with Crippen LogP contribution < -0.4 is 20.8 Å². The summed E-state index contributed by atoms with van der Waals surface area (Å²) < 4.78 is 6.03. The summed E-state index contributed by atoms with van der Waals surface area (Å²) in [5.41, 5.74) is 6.99. The first-order valence-corrected chi connectivity index (χ1v) is 10.8. The number of hydrazine groups is 1. The van der Waals surface area contributed by atoms with Crippen molar-refractivity contribution >= 4 is 5.91 Å². The van der Waals surface area contributed by atoms with E-state index in [4.69, 9.17) is 4.74 Å². The number of hydrogen-bond acceptors (Lipinski definition) is 5. The highest BCUT2D eigenvalue weighted by molar-refractivity contribution is 5.89. The van der Waals surface area contributed by atoms with E-state index in [0.29, 0.717) is 12.5 Å².